The Balaban J connectivity index is 1.43. The number of halogens is 2. The first-order chi connectivity index (χ1) is 20.8. The molecular formula is C32H31Cl2N7O2. The van der Waals surface area contributed by atoms with E-state index in [1.807, 2.05) is 36.4 Å². The summed E-state index contributed by atoms with van der Waals surface area (Å²) >= 11 is 12.6. The van der Waals surface area contributed by atoms with Crippen LogP contribution in [-0.4, -0.2) is 59.8 Å². The van der Waals surface area contributed by atoms with Crippen LogP contribution >= 0.6 is 23.2 Å². The predicted octanol–water partition coefficient (Wildman–Crippen LogP) is 6.57. The van der Waals surface area contributed by atoms with Crippen molar-refractivity contribution in [3.63, 3.8) is 0 Å². The SMILES string of the molecule is C=CC(=O)Cc1ccccc1Nc1nc(Nc2ccc(N3CCN(C)CC3)cc2)ncc1C(=O)Nc1c(Cl)cccc1Cl. The van der Waals surface area contributed by atoms with E-state index < -0.39 is 5.91 Å². The number of likely N-dealkylation sites (N-methyl/N-ethyl adjacent to an activating group) is 1. The molecule has 0 atom stereocenters. The van der Waals surface area contributed by atoms with E-state index in [2.05, 4.69) is 61.5 Å². The van der Waals surface area contributed by atoms with Crippen molar-refractivity contribution in [1.82, 2.24) is 14.9 Å². The molecule has 1 aromatic heterocycles. The number of carbonyl (C=O) groups is 2. The number of rotatable bonds is 10. The smallest absolute Gasteiger partial charge is 0.261 e. The van der Waals surface area contributed by atoms with Gasteiger partial charge >= 0.3 is 0 Å². The number of nitrogens with zero attached hydrogens (tertiary/aromatic N) is 4. The van der Waals surface area contributed by atoms with Gasteiger partial charge < -0.3 is 25.8 Å². The number of carbonyl (C=O) groups excluding carboxylic acids is 2. The van der Waals surface area contributed by atoms with Crippen molar-refractivity contribution in [3.8, 4) is 0 Å². The minimum atomic E-state index is -0.514. The molecule has 220 valence electrons. The van der Waals surface area contributed by atoms with Gasteiger partial charge in [-0.1, -0.05) is 54.0 Å². The molecule has 2 heterocycles. The molecule has 1 aliphatic heterocycles. The van der Waals surface area contributed by atoms with Crippen LogP contribution in [0.25, 0.3) is 0 Å². The fourth-order valence-electron chi connectivity index (χ4n) is 4.63. The lowest BCUT2D eigenvalue weighted by Gasteiger charge is -2.34. The van der Waals surface area contributed by atoms with Crippen molar-refractivity contribution >= 4 is 69.4 Å². The van der Waals surface area contributed by atoms with Crippen LogP contribution in [0.5, 0.6) is 0 Å². The molecule has 1 aliphatic rings. The highest BCUT2D eigenvalue weighted by Crippen LogP contribution is 2.32. The molecule has 0 saturated carbocycles. The van der Waals surface area contributed by atoms with E-state index in [0.29, 0.717) is 15.7 Å². The van der Waals surface area contributed by atoms with Gasteiger partial charge in [-0.15, -0.1) is 0 Å². The molecule has 4 aromatic rings. The first-order valence-electron chi connectivity index (χ1n) is 13.7. The zero-order valence-electron chi connectivity index (χ0n) is 23.6. The summed E-state index contributed by atoms with van der Waals surface area (Å²) in [5.74, 6) is -0.140. The Labute approximate surface area is 260 Å². The minimum absolute atomic E-state index is 0.134. The predicted molar refractivity (Wildman–Crippen MR) is 175 cm³/mol. The number of hydrogen-bond donors (Lipinski definition) is 3. The van der Waals surface area contributed by atoms with E-state index in [1.54, 1.807) is 18.2 Å². The van der Waals surface area contributed by atoms with Gasteiger partial charge in [0.2, 0.25) is 5.95 Å². The normalized spacial score (nSPS) is 13.3. The second kappa shape index (κ2) is 13.7. The van der Waals surface area contributed by atoms with Crippen molar-refractivity contribution in [2.24, 2.45) is 0 Å². The number of piperazine rings is 1. The molecule has 0 bridgehead atoms. The van der Waals surface area contributed by atoms with Crippen LogP contribution in [0.2, 0.25) is 10.0 Å². The van der Waals surface area contributed by atoms with Gasteiger partial charge in [0.15, 0.2) is 5.78 Å². The lowest BCUT2D eigenvalue weighted by molar-refractivity contribution is -0.114. The van der Waals surface area contributed by atoms with Crippen molar-refractivity contribution in [3.05, 3.63) is 107 Å². The van der Waals surface area contributed by atoms with Crippen molar-refractivity contribution < 1.29 is 9.59 Å². The topological polar surface area (TPSA) is 102 Å². The molecule has 0 unspecified atom stereocenters. The molecule has 1 amide bonds. The van der Waals surface area contributed by atoms with Gasteiger partial charge in [0.05, 0.1) is 15.7 Å². The number of aromatic nitrogens is 2. The number of amides is 1. The summed E-state index contributed by atoms with van der Waals surface area (Å²) in [7, 11) is 2.13. The Morgan fingerprint density at radius 1 is 0.930 bits per heavy atom. The van der Waals surface area contributed by atoms with Gasteiger partial charge in [0.25, 0.3) is 5.91 Å². The number of nitrogens with one attached hydrogen (secondary N) is 3. The number of hydrogen-bond acceptors (Lipinski definition) is 8. The summed E-state index contributed by atoms with van der Waals surface area (Å²) in [6, 6.07) is 20.3. The fraction of sp³-hybridized carbons (Fsp3) is 0.188. The molecule has 9 nitrogen and oxygen atoms in total. The molecule has 0 spiro atoms. The third-order valence-corrected chi connectivity index (χ3v) is 7.72. The monoisotopic (exact) mass is 615 g/mol. The van der Waals surface area contributed by atoms with Gasteiger partial charge in [0.1, 0.15) is 11.4 Å². The molecule has 1 fully saturated rings. The van der Waals surface area contributed by atoms with E-state index in [1.165, 1.54) is 12.3 Å². The van der Waals surface area contributed by atoms with Crippen molar-refractivity contribution in [1.29, 1.82) is 0 Å². The molecule has 3 N–H and O–H groups in total. The Morgan fingerprint density at radius 3 is 2.33 bits per heavy atom. The Bertz CT molecular complexity index is 1620. The third-order valence-electron chi connectivity index (χ3n) is 7.09. The second-order valence-corrected chi connectivity index (χ2v) is 10.9. The molecule has 5 rings (SSSR count). The van der Waals surface area contributed by atoms with Crippen LogP contribution in [0.15, 0.2) is 85.6 Å². The zero-order chi connectivity index (χ0) is 30.3. The first-order valence-corrected chi connectivity index (χ1v) is 14.5. The average Bonchev–Trinajstić information content (AvgIpc) is 3.01. The van der Waals surface area contributed by atoms with Crippen LogP contribution in [0.4, 0.5) is 34.5 Å². The summed E-state index contributed by atoms with van der Waals surface area (Å²) < 4.78 is 0. The number of ketones is 1. The molecule has 1 saturated heterocycles. The highest BCUT2D eigenvalue weighted by Gasteiger charge is 2.20. The maximum absolute atomic E-state index is 13.5. The molecular weight excluding hydrogens is 585 g/mol. The van der Waals surface area contributed by atoms with Crippen molar-refractivity contribution in [2.75, 3.05) is 54.1 Å². The van der Waals surface area contributed by atoms with Crippen LogP contribution in [0.3, 0.4) is 0 Å². The van der Waals surface area contributed by atoms with E-state index in [4.69, 9.17) is 23.2 Å². The fourth-order valence-corrected chi connectivity index (χ4v) is 5.13. The lowest BCUT2D eigenvalue weighted by Crippen LogP contribution is -2.44. The summed E-state index contributed by atoms with van der Waals surface area (Å²) in [5.41, 5.74) is 3.71. The molecule has 3 aromatic carbocycles. The maximum atomic E-state index is 13.5. The lowest BCUT2D eigenvalue weighted by atomic mass is 10.1. The van der Waals surface area contributed by atoms with Crippen LogP contribution in [0, 0.1) is 0 Å². The molecule has 0 aliphatic carbocycles. The Hall–Kier alpha value is -4.44. The number of benzene rings is 3. The van der Waals surface area contributed by atoms with E-state index in [0.717, 1.165) is 43.1 Å². The van der Waals surface area contributed by atoms with Crippen molar-refractivity contribution in [2.45, 2.75) is 6.42 Å². The number of allylic oxidation sites excluding steroid dienone is 1. The van der Waals surface area contributed by atoms with Crippen LogP contribution in [-0.2, 0) is 11.2 Å². The largest absolute Gasteiger partial charge is 0.369 e. The van der Waals surface area contributed by atoms with Gasteiger partial charge in [-0.05, 0) is 61.2 Å². The summed E-state index contributed by atoms with van der Waals surface area (Å²) in [6.45, 7) is 7.57. The van der Waals surface area contributed by atoms with Gasteiger partial charge in [-0.2, -0.15) is 4.98 Å². The Morgan fingerprint density at radius 2 is 1.63 bits per heavy atom. The van der Waals surface area contributed by atoms with E-state index in [9.17, 15) is 9.59 Å². The van der Waals surface area contributed by atoms with E-state index >= 15 is 0 Å². The van der Waals surface area contributed by atoms with E-state index in [-0.39, 0.29) is 35.2 Å². The minimum Gasteiger partial charge on any atom is -0.369 e. The quantitative estimate of drug-likeness (QED) is 0.172. The van der Waals surface area contributed by atoms with Gasteiger partial charge in [-0.3, -0.25) is 9.59 Å². The van der Waals surface area contributed by atoms with Gasteiger partial charge in [0, 0.05) is 55.9 Å². The second-order valence-electron chi connectivity index (χ2n) is 10.1. The number of para-hydroxylation sites is 2. The molecule has 11 heteroatoms. The van der Waals surface area contributed by atoms with Crippen LogP contribution < -0.4 is 20.9 Å². The number of anilines is 6. The highest BCUT2D eigenvalue weighted by atomic mass is 35.5. The summed E-state index contributed by atoms with van der Waals surface area (Å²) in [6.07, 6.45) is 2.85. The Kier molecular flexibility index (Phi) is 9.56. The standard InChI is InChI=1S/C32H31Cl2N7O2/c1-3-24(42)19-21-7-4-5-10-28(21)37-30-25(31(43)38-29-26(33)8-6-9-27(29)34)20-35-32(39-30)36-22-11-13-23(14-12-22)41-17-15-40(2)16-18-41/h3-14,20H,1,15-19H2,2H3,(H,38,43)(H2,35,36,37,39). The zero-order valence-corrected chi connectivity index (χ0v) is 25.1. The first kappa shape index (κ1) is 30.0. The summed E-state index contributed by atoms with van der Waals surface area (Å²) in [4.78, 5) is 39.4. The maximum Gasteiger partial charge on any atom is 0.261 e. The summed E-state index contributed by atoms with van der Waals surface area (Å²) in [5, 5.41) is 9.82. The third kappa shape index (κ3) is 7.50. The molecule has 0 radical (unpaired) electrons. The average molecular weight is 617 g/mol. The highest BCUT2D eigenvalue weighted by molar-refractivity contribution is 6.40. The van der Waals surface area contributed by atoms with Crippen LogP contribution in [0.1, 0.15) is 15.9 Å². The van der Waals surface area contributed by atoms with Gasteiger partial charge in [-0.25, -0.2) is 4.98 Å². The molecule has 43 heavy (non-hydrogen) atoms.